The van der Waals surface area contributed by atoms with E-state index in [1.807, 2.05) is 30.3 Å². The lowest BCUT2D eigenvalue weighted by Crippen LogP contribution is -2.46. The first-order chi connectivity index (χ1) is 8.55. The van der Waals surface area contributed by atoms with Crippen molar-refractivity contribution in [2.45, 2.75) is 25.0 Å². The third-order valence-electron chi connectivity index (χ3n) is 3.10. The van der Waals surface area contributed by atoms with E-state index in [1.165, 1.54) is 0 Å². The molecule has 1 unspecified atom stereocenters. The minimum absolute atomic E-state index is 0.150. The monoisotopic (exact) mass is 268 g/mol. The van der Waals surface area contributed by atoms with Crippen molar-refractivity contribution in [2.24, 2.45) is 0 Å². The Balaban J connectivity index is 2.07. The molecule has 0 aliphatic carbocycles. The Kier molecular flexibility index (Phi) is 3.82. The van der Waals surface area contributed by atoms with Crippen molar-refractivity contribution >= 4 is 16.1 Å². The highest BCUT2D eigenvalue weighted by atomic mass is 32.2. The maximum absolute atomic E-state index is 11.6. The third kappa shape index (κ3) is 3.17. The van der Waals surface area contributed by atoms with Crippen LogP contribution in [-0.4, -0.2) is 31.8 Å². The second-order valence-corrected chi connectivity index (χ2v) is 6.84. The van der Waals surface area contributed by atoms with Gasteiger partial charge in [-0.2, -0.15) is 0 Å². The summed E-state index contributed by atoms with van der Waals surface area (Å²) < 4.78 is 28.8. The molecule has 1 fully saturated rings. The van der Waals surface area contributed by atoms with Gasteiger partial charge in [0.15, 0.2) is 16.1 Å². The number of sulfone groups is 1. The zero-order valence-corrected chi connectivity index (χ0v) is 10.9. The van der Waals surface area contributed by atoms with Gasteiger partial charge >= 0.3 is 0 Å². The zero-order chi connectivity index (χ0) is 13.1. The molecule has 1 aliphatic heterocycles. The van der Waals surface area contributed by atoms with Crippen LogP contribution in [-0.2, 0) is 26.0 Å². The highest BCUT2D eigenvalue weighted by molar-refractivity contribution is 7.91. The number of hydrogen-bond donors (Lipinski definition) is 0. The van der Waals surface area contributed by atoms with Gasteiger partial charge in [0.1, 0.15) is 5.60 Å². The Morgan fingerprint density at radius 3 is 2.61 bits per heavy atom. The summed E-state index contributed by atoms with van der Waals surface area (Å²) in [4.78, 5) is 11.2. The van der Waals surface area contributed by atoms with E-state index in [-0.39, 0.29) is 18.1 Å². The molecule has 2 rings (SSSR count). The standard InChI is InChI=1S/C13H16O4S/c14-10-13(7-4-8-18(15,16)11-13)17-9-12-5-2-1-3-6-12/h1-3,5-6,10H,4,7-9,11H2. The molecule has 1 aromatic carbocycles. The maximum Gasteiger partial charge on any atom is 0.153 e. The van der Waals surface area contributed by atoms with Crippen LogP contribution >= 0.6 is 0 Å². The van der Waals surface area contributed by atoms with Gasteiger partial charge in [-0.25, -0.2) is 8.42 Å². The largest absolute Gasteiger partial charge is 0.362 e. The molecule has 5 heteroatoms. The highest BCUT2D eigenvalue weighted by Crippen LogP contribution is 2.26. The van der Waals surface area contributed by atoms with E-state index >= 15 is 0 Å². The van der Waals surface area contributed by atoms with Crippen molar-refractivity contribution in [1.29, 1.82) is 0 Å². The number of aldehydes is 1. The molecule has 0 N–H and O–H groups in total. The van der Waals surface area contributed by atoms with Gasteiger partial charge in [-0.3, -0.25) is 0 Å². The second kappa shape index (κ2) is 5.20. The van der Waals surface area contributed by atoms with Crippen LogP contribution in [0.4, 0.5) is 0 Å². The van der Waals surface area contributed by atoms with Crippen LogP contribution in [0.5, 0.6) is 0 Å². The number of hydrogen-bond acceptors (Lipinski definition) is 4. The van der Waals surface area contributed by atoms with Crippen molar-refractivity contribution in [3.05, 3.63) is 35.9 Å². The first kappa shape index (κ1) is 13.2. The quantitative estimate of drug-likeness (QED) is 0.773. The Labute approximate surface area is 107 Å². The summed E-state index contributed by atoms with van der Waals surface area (Å²) in [6.45, 7) is 0.259. The number of benzene rings is 1. The molecule has 1 aliphatic rings. The Morgan fingerprint density at radius 1 is 1.28 bits per heavy atom. The molecule has 4 nitrogen and oxygen atoms in total. The fraction of sp³-hybridized carbons (Fsp3) is 0.462. The molecule has 1 atom stereocenters. The summed E-state index contributed by atoms with van der Waals surface area (Å²) in [5, 5.41) is 0. The lowest BCUT2D eigenvalue weighted by atomic mass is 10.0. The molecule has 98 valence electrons. The molecule has 1 aromatic rings. The van der Waals surface area contributed by atoms with Crippen LogP contribution in [0.25, 0.3) is 0 Å². The third-order valence-corrected chi connectivity index (χ3v) is 4.94. The summed E-state index contributed by atoms with van der Waals surface area (Å²) in [6, 6.07) is 9.42. The first-order valence-electron chi connectivity index (χ1n) is 5.90. The Morgan fingerprint density at radius 2 is 2.00 bits per heavy atom. The van der Waals surface area contributed by atoms with Gasteiger partial charge in [0, 0.05) is 0 Å². The molecule has 0 radical (unpaired) electrons. The SMILES string of the molecule is O=CC1(OCc2ccccc2)CCCS(=O)(=O)C1. The van der Waals surface area contributed by atoms with Gasteiger partial charge in [-0.05, 0) is 18.4 Å². The molecular weight excluding hydrogens is 252 g/mol. The van der Waals surface area contributed by atoms with Crippen LogP contribution in [0.15, 0.2) is 30.3 Å². The predicted molar refractivity (Wildman–Crippen MR) is 67.9 cm³/mol. The van der Waals surface area contributed by atoms with Crippen molar-refractivity contribution < 1.29 is 17.9 Å². The van der Waals surface area contributed by atoms with Gasteiger partial charge in [0.25, 0.3) is 0 Å². The maximum atomic E-state index is 11.6. The lowest BCUT2D eigenvalue weighted by Gasteiger charge is -2.31. The molecule has 1 heterocycles. The van der Waals surface area contributed by atoms with Crippen molar-refractivity contribution in [3.8, 4) is 0 Å². The van der Waals surface area contributed by atoms with Gasteiger partial charge < -0.3 is 9.53 Å². The van der Waals surface area contributed by atoms with Gasteiger partial charge in [0.05, 0.1) is 18.1 Å². The molecule has 0 amide bonds. The fourth-order valence-corrected chi connectivity index (χ4v) is 3.92. The molecule has 0 bridgehead atoms. The van der Waals surface area contributed by atoms with Crippen LogP contribution in [0, 0.1) is 0 Å². The Hall–Kier alpha value is -1.20. The fourth-order valence-electron chi connectivity index (χ4n) is 2.15. The van der Waals surface area contributed by atoms with E-state index in [4.69, 9.17) is 4.74 Å². The minimum Gasteiger partial charge on any atom is -0.362 e. The van der Waals surface area contributed by atoms with E-state index in [0.717, 1.165) is 5.56 Å². The second-order valence-electron chi connectivity index (χ2n) is 4.65. The molecule has 0 aromatic heterocycles. The van der Waals surface area contributed by atoms with E-state index in [0.29, 0.717) is 19.1 Å². The summed E-state index contributed by atoms with van der Waals surface area (Å²) >= 11 is 0. The molecule has 0 spiro atoms. The lowest BCUT2D eigenvalue weighted by molar-refractivity contribution is -0.131. The van der Waals surface area contributed by atoms with Gasteiger partial charge in [-0.15, -0.1) is 0 Å². The molecule has 18 heavy (non-hydrogen) atoms. The number of carbonyl (C=O) groups excluding carboxylic acids is 1. The van der Waals surface area contributed by atoms with Crippen LogP contribution in [0.1, 0.15) is 18.4 Å². The van der Waals surface area contributed by atoms with Gasteiger partial charge in [0.2, 0.25) is 0 Å². The van der Waals surface area contributed by atoms with E-state index in [1.54, 1.807) is 0 Å². The first-order valence-corrected chi connectivity index (χ1v) is 7.72. The van der Waals surface area contributed by atoms with Crippen molar-refractivity contribution in [2.75, 3.05) is 11.5 Å². The normalized spacial score (nSPS) is 26.7. The predicted octanol–water partition coefficient (Wildman–Crippen LogP) is 1.35. The highest BCUT2D eigenvalue weighted by Gasteiger charge is 2.39. The van der Waals surface area contributed by atoms with E-state index in [9.17, 15) is 13.2 Å². The summed E-state index contributed by atoms with van der Waals surface area (Å²) in [7, 11) is -3.16. The average molecular weight is 268 g/mol. The number of ether oxygens (including phenoxy) is 1. The topological polar surface area (TPSA) is 60.4 Å². The number of rotatable bonds is 4. The molecular formula is C13H16O4S. The van der Waals surface area contributed by atoms with E-state index in [2.05, 4.69) is 0 Å². The van der Waals surface area contributed by atoms with Crippen molar-refractivity contribution in [3.63, 3.8) is 0 Å². The Bertz CT molecular complexity index is 509. The van der Waals surface area contributed by atoms with Gasteiger partial charge in [-0.1, -0.05) is 30.3 Å². The molecule has 0 saturated carbocycles. The molecule has 1 saturated heterocycles. The summed E-state index contributed by atoms with van der Waals surface area (Å²) in [5.74, 6) is -0.0480. The minimum atomic E-state index is -3.16. The van der Waals surface area contributed by atoms with Crippen LogP contribution < -0.4 is 0 Å². The van der Waals surface area contributed by atoms with Crippen LogP contribution in [0.3, 0.4) is 0 Å². The summed E-state index contributed by atoms with van der Waals surface area (Å²) in [6.07, 6.45) is 1.60. The smallest absolute Gasteiger partial charge is 0.153 e. The van der Waals surface area contributed by atoms with Crippen LogP contribution in [0.2, 0.25) is 0 Å². The van der Waals surface area contributed by atoms with Crippen molar-refractivity contribution in [1.82, 2.24) is 0 Å². The zero-order valence-electron chi connectivity index (χ0n) is 10.0. The summed E-state index contributed by atoms with van der Waals surface area (Å²) in [5.41, 5.74) is -0.228. The number of carbonyl (C=O) groups is 1. The van der Waals surface area contributed by atoms with E-state index < -0.39 is 15.4 Å². The average Bonchev–Trinajstić information content (AvgIpc) is 2.37.